The van der Waals surface area contributed by atoms with Crippen molar-refractivity contribution in [3.05, 3.63) is 96.8 Å². The molecule has 1 N–H and O–H groups in total. The number of carbonyl (C=O) groups excluding carboxylic acids is 1. The molecule has 0 aromatic heterocycles. The topological polar surface area (TPSA) is 75.7 Å². The van der Waals surface area contributed by atoms with Crippen molar-refractivity contribution in [3.8, 4) is 5.75 Å². The van der Waals surface area contributed by atoms with Crippen molar-refractivity contribution in [3.63, 3.8) is 0 Å². The number of halogens is 1. The highest BCUT2D eigenvalue weighted by molar-refractivity contribution is 7.92. The number of carbonyl (C=O) groups is 1. The van der Waals surface area contributed by atoms with Gasteiger partial charge in [-0.1, -0.05) is 24.3 Å². The molecule has 6 nitrogen and oxygen atoms in total. The lowest BCUT2D eigenvalue weighted by molar-refractivity contribution is 0.102. The van der Waals surface area contributed by atoms with Gasteiger partial charge >= 0.3 is 0 Å². The van der Waals surface area contributed by atoms with Gasteiger partial charge in [0.25, 0.3) is 15.9 Å². The molecule has 0 spiro atoms. The predicted octanol–water partition coefficient (Wildman–Crippen LogP) is 4.86. The largest absolute Gasteiger partial charge is 0.494 e. The Bertz CT molecular complexity index is 1200. The van der Waals surface area contributed by atoms with Crippen molar-refractivity contribution in [2.45, 2.75) is 11.8 Å². The maximum absolute atomic E-state index is 14.6. The molecule has 0 saturated heterocycles. The first-order valence-corrected chi connectivity index (χ1v) is 11.3. The van der Waals surface area contributed by atoms with Gasteiger partial charge in [-0.15, -0.1) is 6.58 Å². The fourth-order valence-corrected chi connectivity index (χ4v) is 4.55. The molecule has 166 valence electrons. The molecule has 1 amide bonds. The molecule has 0 fully saturated rings. The molecule has 8 heteroatoms. The van der Waals surface area contributed by atoms with Crippen LogP contribution in [-0.4, -0.2) is 27.5 Å². The van der Waals surface area contributed by atoms with Gasteiger partial charge in [-0.25, -0.2) is 12.8 Å². The third kappa shape index (κ3) is 5.15. The second-order valence-electron chi connectivity index (χ2n) is 6.72. The molecule has 0 saturated carbocycles. The van der Waals surface area contributed by atoms with E-state index in [-0.39, 0.29) is 12.1 Å². The first kappa shape index (κ1) is 23.0. The van der Waals surface area contributed by atoms with Gasteiger partial charge in [0.05, 0.1) is 18.8 Å². The highest BCUT2D eigenvalue weighted by Gasteiger charge is 2.28. The molecular formula is C24H23FN2O4S. The number of ether oxygens (including phenoxy) is 1. The zero-order valence-electron chi connectivity index (χ0n) is 17.5. The molecule has 3 rings (SSSR count). The average Bonchev–Trinajstić information content (AvgIpc) is 2.79. The zero-order valence-corrected chi connectivity index (χ0v) is 18.3. The van der Waals surface area contributed by atoms with Crippen LogP contribution < -0.4 is 14.4 Å². The SMILES string of the molecule is C=CCN(c1ccccc1)S(=O)(=O)c1cc(C(=O)Nc2ccc(OCC)cc2)ccc1F. The number of hydrogen-bond donors (Lipinski definition) is 1. The van der Waals surface area contributed by atoms with Crippen LogP contribution in [0.3, 0.4) is 0 Å². The van der Waals surface area contributed by atoms with Crippen LogP contribution in [0.15, 0.2) is 90.3 Å². The molecular weight excluding hydrogens is 431 g/mol. The molecule has 3 aromatic rings. The Balaban J connectivity index is 1.91. The first-order chi connectivity index (χ1) is 15.4. The third-order valence-electron chi connectivity index (χ3n) is 4.52. The van der Waals surface area contributed by atoms with E-state index in [9.17, 15) is 17.6 Å². The molecule has 0 aliphatic heterocycles. The predicted molar refractivity (Wildman–Crippen MR) is 123 cm³/mol. The van der Waals surface area contributed by atoms with E-state index in [0.29, 0.717) is 23.7 Å². The minimum absolute atomic E-state index is 0.00507. The summed E-state index contributed by atoms with van der Waals surface area (Å²) in [7, 11) is -4.30. The lowest BCUT2D eigenvalue weighted by Crippen LogP contribution is -2.32. The molecule has 32 heavy (non-hydrogen) atoms. The molecule has 0 atom stereocenters. The Hall–Kier alpha value is -3.65. The van der Waals surface area contributed by atoms with Crippen LogP contribution in [-0.2, 0) is 10.0 Å². The number of nitrogens with zero attached hydrogens (tertiary/aromatic N) is 1. The van der Waals surface area contributed by atoms with Gasteiger partial charge in [-0.2, -0.15) is 0 Å². The standard InChI is InChI=1S/C24H23FN2O4S/c1-3-16-27(20-8-6-5-7-9-20)32(29,30)23-17-18(10-15-22(23)25)24(28)26-19-11-13-21(14-12-19)31-4-2/h3,5-15,17H,1,4,16H2,2H3,(H,26,28). The Morgan fingerprint density at radius 1 is 1.09 bits per heavy atom. The lowest BCUT2D eigenvalue weighted by Gasteiger charge is -2.23. The average molecular weight is 455 g/mol. The van der Waals surface area contributed by atoms with E-state index in [4.69, 9.17) is 4.74 Å². The minimum atomic E-state index is -4.30. The molecule has 0 aliphatic carbocycles. The van der Waals surface area contributed by atoms with Gasteiger partial charge in [0.15, 0.2) is 0 Å². The van der Waals surface area contributed by atoms with Crippen molar-refractivity contribution in [1.29, 1.82) is 0 Å². The lowest BCUT2D eigenvalue weighted by atomic mass is 10.2. The van der Waals surface area contributed by atoms with Gasteiger partial charge in [0.2, 0.25) is 0 Å². The van der Waals surface area contributed by atoms with E-state index in [0.717, 1.165) is 16.4 Å². The van der Waals surface area contributed by atoms with Crippen molar-refractivity contribution in [2.75, 3.05) is 22.8 Å². The number of para-hydroxylation sites is 1. The summed E-state index contributed by atoms with van der Waals surface area (Å²) >= 11 is 0. The van der Waals surface area contributed by atoms with E-state index in [1.54, 1.807) is 54.6 Å². The summed E-state index contributed by atoms with van der Waals surface area (Å²) in [6.45, 7) is 5.92. The van der Waals surface area contributed by atoms with Crippen molar-refractivity contribution < 1.29 is 22.3 Å². The van der Waals surface area contributed by atoms with Crippen LogP contribution in [0, 0.1) is 5.82 Å². The summed E-state index contributed by atoms with van der Waals surface area (Å²) in [6.07, 6.45) is 1.41. The van der Waals surface area contributed by atoms with Crippen molar-refractivity contribution in [2.24, 2.45) is 0 Å². The highest BCUT2D eigenvalue weighted by atomic mass is 32.2. The third-order valence-corrected chi connectivity index (χ3v) is 6.33. The maximum atomic E-state index is 14.6. The number of anilines is 2. The zero-order chi connectivity index (χ0) is 23.1. The van der Waals surface area contributed by atoms with Gasteiger partial charge in [0, 0.05) is 11.3 Å². The number of sulfonamides is 1. The normalized spacial score (nSPS) is 10.9. The minimum Gasteiger partial charge on any atom is -0.494 e. The van der Waals surface area contributed by atoms with Gasteiger partial charge in [-0.05, 0) is 61.5 Å². The first-order valence-electron chi connectivity index (χ1n) is 9.89. The smallest absolute Gasteiger partial charge is 0.267 e. The summed E-state index contributed by atoms with van der Waals surface area (Å²) in [5, 5.41) is 2.67. The van der Waals surface area contributed by atoms with Crippen LogP contribution in [0.4, 0.5) is 15.8 Å². The fraction of sp³-hybridized carbons (Fsp3) is 0.125. The van der Waals surface area contributed by atoms with Crippen LogP contribution in [0.1, 0.15) is 17.3 Å². The van der Waals surface area contributed by atoms with E-state index in [2.05, 4.69) is 11.9 Å². The summed E-state index contributed by atoms with van der Waals surface area (Å²) in [5.74, 6) is -0.864. The van der Waals surface area contributed by atoms with E-state index < -0.39 is 26.6 Å². The van der Waals surface area contributed by atoms with Crippen LogP contribution in [0.2, 0.25) is 0 Å². The number of benzene rings is 3. The second kappa shape index (κ2) is 10.1. The quantitative estimate of drug-likeness (QED) is 0.469. The molecule has 0 heterocycles. The number of nitrogens with one attached hydrogen (secondary N) is 1. The highest BCUT2D eigenvalue weighted by Crippen LogP contribution is 2.26. The Morgan fingerprint density at radius 2 is 1.78 bits per heavy atom. The Kier molecular flexibility index (Phi) is 7.27. The van der Waals surface area contributed by atoms with Crippen LogP contribution in [0.25, 0.3) is 0 Å². The molecule has 0 radical (unpaired) electrons. The van der Waals surface area contributed by atoms with E-state index in [1.165, 1.54) is 12.1 Å². The summed E-state index contributed by atoms with van der Waals surface area (Å²) < 4.78 is 47.5. The Morgan fingerprint density at radius 3 is 2.41 bits per heavy atom. The molecule has 0 bridgehead atoms. The molecule has 0 unspecified atom stereocenters. The Labute approximate surface area is 187 Å². The van der Waals surface area contributed by atoms with Gasteiger partial charge < -0.3 is 10.1 Å². The van der Waals surface area contributed by atoms with Gasteiger partial charge in [0.1, 0.15) is 16.5 Å². The number of rotatable bonds is 9. The molecule has 3 aromatic carbocycles. The fourth-order valence-electron chi connectivity index (χ4n) is 3.02. The van der Waals surface area contributed by atoms with Crippen LogP contribution in [0.5, 0.6) is 5.75 Å². The van der Waals surface area contributed by atoms with Crippen molar-refractivity contribution in [1.82, 2.24) is 0 Å². The van der Waals surface area contributed by atoms with Crippen molar-refractivity contribution >= 4 is 27.3 Å². The number of amides is 1. The maximum Gasteiger partial charge on any atom is 0.267 e. The monoisotopic (exact) mass is 454 g/mol. The second-order valence-corrected chi connectivity index (χ2v) is 8.55. The summed E-state index contributed by atoms with van der Waals surface area (Å²) in [4.78, 5) is 12.1. The van der Waals surface area contributed by atoms with E-state index >= 15 is 0 Å². The van der Waals surface area contributed by atoms with Crippen LogP contribution >= 0.6 is 0 Å². The molecule has 0 aliphatic rings. The van der Waals surface area contributed by atoms with Gasteiger partial charge in [-0.3, -0.25) is 9.10 Å². The van der Waals surface area contributed by atoms with E-state index in [1.807, 2.05) is 6.92 Å². The summed E-state index contributed by atoms with van der Waals surface area (Å²) in [5.41, 5.74) is 0.853. The number of hydrogen-bond acceptors (Lipinski definition) is 4. The summed E-state index contributed by atoms with van der Waals surface area (Å²) in [6, 6.07) is 18.3.